The lowest BCUT2D eigenvalue weighted by Crippen LogP contribution is -2.02. The average molecular weight is 227 g/mol. The number of hydrogen-bond donors (Lipinski definition) is 0. The minimum atomic E-state index is 0.657. The van der Waals surface area contributed by atoms with Crippen LogP contribution in [0.25, 0.3) is 0 Å². The number of halogens is 1. The molecule has 1 aromatic heterocycles. The van der Waals surface area contributed by atoms with E-state index in [4.69, 9.17) is 16.3 Å². The monoisotopic (exact) mass is 226 g/mol. The SMILES string of the molecule is COCCCc1nc(Cl)c2c(n1)CCC2. The zero-order chi connectivity index (χ0) is 10.7. The lowest BCUT2D eigenvalue weighted by molar-refractivity contribution is 0.194. The molecule has 0 amide bonds. The van der Waals surface area contributed by atoms with Crippen molar-refractivity contribution in [3.05, 3.63) is 22.2 Å². The largest absolute Gasteiger partial charge is 0.385 e. The van der Waals surface area contributed by atoms with Crippen LogP contribution >= 0.6 is 11.6 Å². The van der Waals surface area contributed by atoms with Gasteiger partial charge in [0.25, 0.3) is 0 Å². The molecule has 1 aliphatic carbocycles. The minimum absolute atomic E-state index is 0.657. The highest BCUT2D eigenvalue weighted by Crippen LogP contribution is 2.25. The second-order valence-electron chi connectivity index (χ2n) is 3.81. The third-order valence-corrected chi connectivity index (χ3v) is 2.99. The topological polar surface area (TPSA) is 35.0 Å². The molecule has 0 aliphatic heterocycles. The van der Waals surface area contributed by atoms with Crippen LogP contribution in [-0.4, -0.2) is 23.7 Å². The standard InChI is InChI=1S/C11H15ClN2O/c1-15-7-3-6-10-13-9-5-2-4-8(9)11(12)14-10/h2-7H2,1H3. The minimum Gasteiger partial charge on any atom is -0.385 e. The first-order chi connectivity index (χ1) is 7.31. The summed E-state index contributed by atoms with van der Waals surface area (Å²) in [5, 5.41) is 0.657. The first-order valence-corrected chi connectivity index (χ1v) is 5.72. The molecular formula is C11H15ClN2O. The van der Waals surface area contributed by atoms with Crippen LogP contribution in [0.15, 0.2) is 0 Å². The van der Waals surface area contributed by atoms with Crippen molar-refractivity contribution in [3.63, 3.8) is 0 Å². The number of aryl methyl sites for hydroxylation is 2. The zero-order valence-corrected chi connectivity index (χ0v) is 9.68. The Kier molecular flexibility index (Phi) is 3.54. The normalized spacial score (nSPS) is 14.3. The van der Waals surface area contributed by atoms with Crippen molar-refractivity contribution >= 4 is 11.6 Å². The van der Waals surface area contributed by atoms with E-state index in [-0.39, 0.29) is 0 Å². The predicted molar refractivity (Wildman–Crippen MR) is 59.3 cm³/mol. The Balaban J connectivity index is 2.09. The van der Waals surface area contributed by atoms with E-state index >= 15 is 0 Å². The lowest BCUT2D eigenvalue weighted by atomic mass is 10.2. The fourth-order valence-electron chi connectivity index (χ4n) is 1.92. The van der Waals surface area contributed by atoms with Gasteiger partial charge in [-0.25, -0.2) is 9.97 Å². The Bertz CT molecular complexity index is 355. The number of ether oxygens (including phenoxy) is 1. The second kappa shape index (κ2) is 4.90. The molecule has 82 valence electrons. The van der Waals surface area contributed by atoms with Gasteiger partial charge in [-0.2, -0.15) is 0 Å². The number of aromatic nitrogens is 2. The Morgan fingerprint density at radius 2 is 2.20 bits per heavy atom. The first-order valence-electron chi connectivity index (χ1n) is 5.34. The number of fused-ring (bicyclic) bond motifs is 1. The molecule has 0 radical (unpaired) electrons. The van der Waals surface area contributed by atoms with E-state index in [9.17, 15) is 0 Å². The maximum absolute atomic E-state index is 6.11. The Labute approximate surface area is 94.8 Å². The van der Waals surface area contributed by atoms with Crippen LogP contribution in [-0.2, 0) is 24.0 Å². The summed E-state index contributed by atoms with van der Waals surface area (Å²) in [4.78, 5) is 8.85. The van der Waals surface area contributed by atoms with E-state index in [0.717, 1.165) is 55.8 Å². The molecule has 4 heteroatoms. The molecule has 0 fully saturated rings. The van der Waals surface area contributed by atoms with Gasteiger partial charge in [0.05, 0.1) is 0 Å². The molecule has 3 nitrogen and oxygen atoms in total. The third-order valence-electron chi connectivity index (χ3n) is 2.68. The van der Waals surface area contributed by atoms with Crippen molar-refractivity contribution in [2.24, 2.45) is 0 Å². The Morgan fingerprint density at radius 1 is 1.33 bits per heavy atom. The van der Waals surface area contributed by atoms with E-state index < -0.39 is 0 Å². The number of nitrogens with zero attached hydrogens (tertiary/aromatic N) is 2. The summed E-state index contributed by atoms with van der Waals surface area (Å²) in [7, 11) is 1.70. The molecular weight excluding hydrogens is 212 g/mol. The first kappa shape index (κ1) is 10.8. The van der Waals surface area contributed by atoms with E-state index in [1.54, 1.807) is 7.11 Å². The van der Waals surface area contributed by atoms with Crippen molar-refractivity contribution in [1.29, 1.82) is 0 Å². The van der Waals surface area contributed by atoms with Crippen molar-refractivity contribution in [2.45, 2.75) is 32.1 Å². The van der Waals surface area contributed by atoms with Crippen LogP contribution in [0, 0.1) is 0 Å². The summed E-state index contributed by atoms with van der Waals surface area (Å²) in [6.07, 6.45) is 5.04. The molecule has 1 aliphatic rings. The van der Waals surface area contributed by atoms with Gasteiger partial charge in [-0.15, -0.1) is 0 Å². The maximum atomic E-state index is 6.11. The van der Waals surface area contributed by atoms with E-state index in [1.807, 2.05) is 0 Å². The summed E-state index contributed by atoms with van der Waals surface area (Å²) in [6, 6.07) is 0. The van der Waals surface area contributed by atoms with Crippen molar-refractivity contribution < 1.29 is 4.74 Å². The van der Waals surface area contributed by atoms with Crippen molar-refractivity contribution in [2.75, 3.05) is 13.7 Å². The molecule has 0 aromatic carbocycles. The molecule has 1 aromatic rings. The van der Waals surface area contributed by atoms with Gasteiger partial charge < -0.3 is 4.74 Å². The third kappa shape index (κ3) is 2.47. The molecule has 15 heavy (non-hydrogen) atoms. The van der Waals surface area contributed by atoms with Crippen LogP contribution in [0.5, 0.6) is 0 Å². The zero-order valence-electron chi connectivity index (χ0n) is 8.92. The quantitative estimate of drug-likeness (QED) is 0.583. The molecule has 0 bridgehead atoms. The van der Waals surface area contributed by atoms with E-state index in [0.29, 0.717) is 5.15 Å². The fourth-order valence-corrected chi connectivity index (χ4v) is 2.22. The summed E-state index contributed by atoms with van der Waals surface area (Å²) in [6.45, 7) is 0.748. The maximum Gasteiger partial charge on any atom is 0.136 e. The van der Waals surface area contributed by atoms with Gasteiger partial charge in [0.2, 0.25) is 0 Å². The molecule has 0 N–H and O–H groups in total. The average Bonchev–Trinajstić information content (AvgIpc) is 2.66. The number of hydrogen-bond acceptors (Lipinski definition) is 3. The summed E-state index contributed by atoms with van der Waals surface area (Å²) >= 11 is 6.11. The van der Waals surface area contributed by atoms with E-state index in [1.165, 1.54) is 0 Å². The van der Waals surface area contributed by atoms with Gasteiger partial charge in [-0.3, -0.25) is 0 Å². The smallest absolute Gasteiger partial charge is 0.136 e. The van der Waals surface area contributed by atoms with Gasteiger partial charge in [-0.05, 0) is 25.7 Å². The van der Waals surface area contributed by atoms with Crippen LogP contribution in [0.1, 0.15) is 29.9 Å². The van der Waals surface area contributed by atoms with Crippen LogP contribution in [0.3, 0.4) is 0 Å². The van der Waals surface area contributed by atoms with Crippen molar-refractivity contribution in [3.8, 4) is 0 Å². The molecule has 0 unspecified atom stereocenters. The van der Waals surface area contributed by atoms with Gasteiger partial charge in [0.15, 0.2) is 0 Å². The number of methoxy groups -OCH3 is 1. The van der Waals surface area contributed by atoms with Gasteiger partial charge in [0, 0.05) is 31.4 Å². The van der Waals surface area contributed by atoms with Gasteiger partial charge in [-0.1, -0.05) is 11.6 Å². The Morgan fingerprint density at radius 3 is 3.00 bits per heavy atom. The molecule has 0 saturated carbocycles. The fraction of sp³-hybridized carbons (Fsp3) is 0.636. The Hall–Kier alpha value is -0.670. The lowest BCUT2D eigenvalue weighted by Gasteiger charge is -2.05. The van der Waals surface area contributed by atoms with Crippen LogP contribution in [0.2, 0.25) is 5.15 Å². The van der Waals surface area contributed by atoms with Crippen LogP contribution in [0.4, 0.5) is 0 Å². The van der Waals surface area contributed by atoms with Crippen LogP contribution < -0.4 is 0 Å². The molecule has 0 spiro atoms. The second-order valence-corrected chi connectivity index (χ2v) is 4.16. The molecule has 1 heterocycles. The summed E-state index contributed by atoms with van der Waals surface area (Å²) in [5.74, 6) is 0.859. The van der Waals surface area contributed by atoms with Gasteiger partial charge >= 0.3 is 0 Å². The van der Waals surface area contributed by atoms with Gasteiger partial charge in [0.1, 0.15) is 11.0 Å². The summed E-state index contributed by atoms with van der Waals surface area (Å²) < 4.78 is 5.00. The molecule has 0 saturated heterocycles. The molecule has 0 atom stereocenters. The molecule has 2 rings (SSSR count). The highest BCUT2D eigenvalue weighted by atomic mass is 35.5. The number of rotatable bonds is 4. The predicted octanol–water partition coefficient (Wildman–Crippen LogP) is 2.20. The van der Waals surface area contributed by atoms with E-state index in [2.05, 4.69) is 9.97 Å². The highest BCUT2D eigenvalue weighted by Gasteiger charge is 2.17. The summed E-state index contributed by atoms with van der Waals surface area (Å²) in [5.41, 5.74) is 2.31. The van der Waals surface area contributed by atoms with Crippen molar-refractivity contribution in [1.82, 2.24) is 9.97 Å². The highest BCUT2D eigenvalue weighted by molar-refractivity contribution is 6.30.